The SMILES string of the molecule is Cc1cccc([C@@H]2C[C@@H]2C(=O)N2CCC[C@@H](n3nc(C)nc3C)C2)c1. The molecule has 0 radical (unpaired) electrons. The highest BCUT2D eigenvalue weighted by molar-refractivity contribution is 5.83. The molecule has 2 aromatic rings. The second-order valence-electron chi connectivity index (χ2n) is 7.59. The Balaban J connectivity index is 1.43. The van der Waals surface area contributed by atoms with E-state index in [9.17, 15) is 4.79 Å². The lowest BCUT2D eigenvalue weighted by molar-refractivity contribution is -0.134. The molecule has 0 unspecified atom stereocenters. The van der Waals surface area contributed by atoms with Crippen LogP contribution in [-0.2, 0) is 4.79 Å². The van der Waals surface area contributed by atoms with Gasteiger partial charge in [-0.2, -0.15) is 5.10 Å². The van der Waals surface area contributed by atoms with Crippen LogP contribution in [0, 0.1) is 26.7 Å². The van der Waals surface area contributed by atoms with Crippen LogP contribution >= 0.6 is 0 Å². The van der Waals surface area contributed by atoms with Crippen molar-refractivity contribution in [3.63, 3.8) is 0 Å². The van der Waals surface area contributed by atoms with Gasteiger partial charge in [0.1, 0.15) is 11.6 Å². The van der Waals surface area contributed by atoms with Crippen molar-refractivity contribution in [3.8, 4) is 0 Å². The molecule has 0 N–H and O–H groups in total. The predicted molar refractivity (Wildman–Crippen MR) is 96.4 cm³/mol. The van der Waals surface area contributed by atoms with Gasteiger partial charge in [0, 0.05) is 19.0 Å². The smallest absolute Gasteiger partial charge is 0.226 e. The summed E-state index contributed by atoms with van der Waals surface area (Å²) < 4.78 is 2.01. The van der Waals surface area contributed by atoms with Crippen LogP contribution in [0.4, 0.5) is 0 Å². The fourth-order valence-corrected chi connectivity index (χ4v) is 4.21. The van der Waals surface area contributed by atoms with Crippen LogP contribution in [0.15, 0.2) is 24.3 Å². The van der Waals surface area contributed by atoms with E-state index in [-0.39, 0.29) is 12.0 Å². The van der Waals surface area contributed by atoms with Gasteiger partial charge in [-0.1, -0.05) is 29.8 Å². The summed E-state index contributed by atoms with van der Waals surface area (Å²) in [6.07, 6.45) is 3.10. The highest BCUT2D eigenvalue weighted by Gasteiger charge is 2.46. The van der Waals surface area contributed by atoms with Crippen LogP contribution in [0.2, 0.25) is 0 Å². The summed E-state index contributed by atoms with van der Waals surface area (Å²) in [5, 5.41) is 4.53. The molecule has 2 heterocycles. The van der Waals surface area contributed by atoms with Crippen LogP contribution in [-0.4, -0.2) is 38.7 Å². The maximum atomic E-state index is 13.0. The number of amides is 1. The molecule has 132 valence electrons. The molecule has 1 saturated carbocycles. The normalized spacial score (nSPS) is 25.9. The Morgan fingerprint density at radius 1 is 1.24 bits per heavy atom. The topological polar surface area (TPSA) is 51.0 Å². The number of hydrogen-bond donors (Lipinski definition) is 0. The first-order chi connectivity index (χ1) is 12.0. The van der Waals surface area contributed by atoms with E-state index in [2.05, 4.69) is 46.2 Å². The number of aromatic nitrogens is 3. The summed E-state index contributed by atoms with van der Waals surface area (Å²) in [6.45, 7) is 7.67. The quantitative estimate of drug-likeness (QED) is 0.864. The average Bonchev–Trinajstić information content (AvgIpc) is 3.33. The molecule has 3 atom stereocenters. The van der Waals surface area contributed by atoms with Gasteiger partial charge in [-0.05, 0) is 51.5 Å². The van der Waals surface area contributed by atoms with Crippen molar-refractivity contribution in [2.45, 2.75) is 52.0 Å². The zero-order valence-electron chi connectivity index (χ0n) is 15.3. The van der Waals surface area contributed by atoms with Crippen LogP contribution in [0.5, 0.6) is 0 Å². The van der Waals surface area contributed by atoms with Gasteiger partial charge in [0.25, 0.3) is 0 Å². The van der Waals surface area contributed by atoms with Gasteiger partial charge in [0.15, 0.2) is 0 Å². The van der Waals surface area contributed by atoms with Crippen molar-refractivity contribution >= 4 is 5.91 Å². The first-order valence-corrected chi connectivity index (χ1v) is 9.28. The molecule has 5 nitrogen and oxygen atoms in total. The van der Waals surface area contributed by atoms with Gasteiger partial charge in [0.2, 0.25) is 5.91 Å². The average molecular weight is 338 g/mol. The summed E-state index contributed by atoms with van der Waals surface area (Å²) >= 11 is 0. The Labute approximate surface area is 149 Å². The number of piperidine rings is 1. The molecule has 1 saturated heterocycles. The van der Waals surface area contributed by atoms with E-state index < -0.39 is 0 Å². The molecule has 1 aliphatic carbocycles. The molecular formula is C20H26N4O. The minimum absolute atomic E-state index is 0.166. The third kappa shape index (κ3) is 3.20. The number of carbonyl (C=O) groups is 1. The van der Waals surface area contributed by atoms with Crippen LogP contribution in [0.3, 0.4) is 0 Å². The summed E-state index contributed by atoms with van der Waals surface area (Å²) in [4.78, 5) is 19.4. The maximum absolute atomic E-state index is 13.0. The molecule has 4 rings (SSSR count). The van der Waals surface area contributed by atoms with Crippen LogP contribution < -0.4 is 0 Å². The van der Waals surface area contributed by atoms with Gasteiger partial charge in [0.05, 0.1) is 6.04 Å². The van der Waals surface area contributed by atoms with Gasteiger partial charge >= 0.3 is 0 Å². The van der Waals surface area contributed by atoms with Crippen LogP contribution in [0.25, 0.3) is 0 Å². The van der Waals surface area contributed by atoms with E-state index in [0.717, 1.165) is 44.0 Å². The number of rotatable bonds is 3. The van der Waals surface area contributed by atoms with Crippen LogP contribution in [0.1, 0.15) is 54.0 Å². The standard InChI is InChI=1S/C20H26N4O/c1-13-6-4-7-16(10-13)18-11-19(18)20(25)23-9-5-8-17(12-23)24-15(3)21-14(2)22-24/h4,6-7,10,17-19H,5,8-9,11-12H2,1-3H3/t17-,18+,19+/m1/s1. The molecule has 1 amide bonds. The first-order valence-electron chi connectivity index (χ1n) is 9.28. The Morgan fingerprint density at radius 2 is 2.08 bits per heavy atom. The largest absolute Gasteiger partial charge is 0.340 e. The second-order valence-corrected chi connectivity index (χ2v) is 7.59. The van der Waals surface area contributed by atoms with Crippen molar-refractivity contribution in [2.75, 3.05) is 13.1 Å². The van der Waals surface area contributed by atoms with Gasteiger partial charge in [-0.15, -0.1) is 0 Å². The third-order valence-corrected chi connectivity index (χ3v) is 5.54. The summed E-state index contributed by atoms with van der Waals surface area (Å²) in [7, 11) is 0. The molecule has 1 aromatic carbocycles. The molecule has 1 aromatic heterocycles. The Bertz CT molecular complexity index is 797. The lowest BCUT2D eigenvalue weighted by Crippen LogP contribution is -2.42. The Hall–Kier alpha value is -2.17. The molecule has 2 fully saturated rings. The van der Waals surface area contributed by atoms with Gasteiger partial charge < -0.3 is 4.90 Å². The fraction of sp³-hybridized carbons (Fsp3) is 0.550. The molecule has 25 heavy (non-hydrogen) atoms. The maximum Gasteiger partial charge on any atom is 0.226 e. The zero-order valence-corrected chi connectivity index (χ0v) is 15.3. The number of benzene rings is 1. The van der Waals surface area contributed by atoms with Crippen molar-refractivity contribution < 1.29 is 4.79 Å². The van der Waals surface area contributed by atoms with Crippen molar-refractivity contribution in [1.82, 2.24) is 19.7 Å². The monoisotopic (exact) mass is 338 g/mol. The van der Waals surface area contributed by atoms with E-state index in [0.29, 0.717) is 11.8 Å². The first kappa shape index (κ1) is 16.3. The predicted octanol–water partition coefficient (Wildman–Crippen LogP) is 3.17. The lowest BCUT2D eigenvalue weighted by Gasteiger charge is -2.33. The summed E-state index contributed by atoms with van der Waals surface area (Å²) in [5.74, 6) is 2.65. The van der Waals surface area contributed by atoms with E-state index in [1.807, 2.05) is 18.5 Å². The highest BCUT2D eigenvalue weighted by atomic mass is 16.2. The van der Waals surface area contributed by atoms with Gasteiger partial charge in [-0.3, -0.25) is 4.79 Å². The fourth-order valence-electron chi connectivity index (χ4n) is 4.21. The summed E-state index contributed by atoms with van der Waals surface area (Å²) in [6, 6.07) is 8.84. The van der Waals surface area contributed by atoms with E-state index in [1.165, 1.54) is 11.1 Å². The number of likely N-dealkylation sites (tertiary alicyclic amines) is 1. The molecule has 0 spiro atoms. The summed E-state index contributed by atoms with van der Waals surface area (Å²) in [5.41, 5.74) is 2.58. The molecule has 2 aliphatic rings. The van der Waals surface area contributed by atoms with Gasteiger partial charge in [-0.25, -0.2) is 9.67 Å². The molecule has 5 heteroatoms. The highest BCUT2D eigenvalue weighted by Crippen LogP contribution is 2.49. The van der Waals surface area contributed by atoms with Crippen molar-refractivity contribution in [1.29, 1.82) is 0 Å². The Kier molecular flexibility index (Phi) is 4.10. The van der Waals surface area contributed by atoms with E-state index in [1.54, 1.807) is 0 Å². The molecular weight excluding hydrogens is 312 g/mol. The third-order valence-electron chi connectivity index (χ3n) is 5.54. The zero-order chi connectivity index (χ0) is 17.6. The number of hydrogen-bond acceptors (Lipinski definition) is 3. The van der Waals surface area contributed by atoms with E-state index >= 15 is 0 Å². The Morgan fingerprint density at radius 3 is 2.80 bits per heavy atom. The number of aryl methyl sites for hydroxylation is 3. The number of nitrogens with zero attached hydrogens (tertiary/aromatic N) is 4. The molecule has 0 bridgehead atoms. The van der Waals surface area contributed by atoms with E-state index in [4.69, 9.17) is 0 Å². The molecule has 1 aliphatic heterocycles. The minimum Gasteiger partial charge on any atom is -0.340 e. The van der Waals surface area contributed by atoms with Crippen molar-refractivity contribution in [2.24, 2.45) is 5.92 Å². The minimum atomic E-state index is 0.166. The lowest BCUT2D eigenvalue weighted by atomic mass is 10.0. The number of carbonyl (C=O) groups excluding carboxylic acids is 1. The van der Waals surface area contributed by atoms with Crippen molar-refractivity contribution in [3.05, 3.63) is 47.0 Å². The second kappa shape index (κ2) is 6.28.